The fourth-order valence-electron chi connectivity index (χ4n) is 2.67. The molecule has 30 heavy (non-hydrogen) atoms. The van der Waals surface area contributed by atoms with Gasteiger partial charge in [0.25, 0.3) is 5.91 Å². The van der Waals surface area contributed by atoms with Crippen LogP contribution in [0, 0.1) is 5.92 Å². The van der Waals surface area contributed by atoms with Crippen molar-refractivity contribution < 1.29 is 14.3 Å². The Kier molecular flexibility index (Phi) is 6.98. The van der Waals surface area contributed by atoms with Gasteiger partial charge in [-0.25, -0.2) is 9.97 Å². The van der Waals surface area contributed by atoms with Crippen molar-refractivity contribution in [1.82, 2.24) is 15.3 Å². The second-order valence-corrected chi connectivity index (χ2v) is 7.23. The summed E-state index contributed by atoms with van der Waals surface area (Å²) in [7, 11) is 0. The fourth-order valence-corrected chi connectivity index (χ4v) is 2.89. The predicted octanol–water partition coefficient (Wildman–Crippen LogP) is 4.32. The molecule has 8 heteroatoms. The lowest BCUT2D eigenvalue weighted by Crippen LogP contribution is -2.47. The number of ether oxygens (including phenoxy) is 1. The number of nitrogens with zero attached hydrogens (tertiary/aromatic N) is 2. The molecule has 0 saturated heterocycles. The van der Waals surface area contributed by atoms with Crippen LogP contribution in [0.1, 0.15) is 24.2 Å². The highest BCUT2D eigenvalue weighted by molar-refractivity contribution is 6.33. The number of benzene rings is 2. The van der Waals surface area contributed by atoms with E-state index in [1.807, 2.05) is 13.8 Å². The molecule has 3 aromatic rings. The highest BCUT2D eigenvalue weighted by atomic mass is 35.5. The molecule has 3 rings (SSSR count). The molecule has 0 saturated carbocycles. The van der Waals surface area contributed by atoms with Crippen LogP contribution in [-0.4, -0.2) is 27.8 Å². The number of hydrogen-bond donors (Lipinski definition) is 2. The Morgan fingerprint density at radius 3 is 2.27 bits per heavy atom. The van der Waals surface area contributed by atoms with Crippen molar-refractivity contribution in [3.05, 3.63) is 77.6 Å². The second-order valence-electron chi connectivity index (χ2n) is 6.82. The largest absolute Gasteiger partial charge is 0.424 e. The Morgan fingerprint density at radius 2 is 1.63 bits per heavy atom. The van der Waals surface area contributed by atoms with Gasteiger partial charge < -0.3 is 15.4 Å². The molecule has 0 aliphatic carbocycles. The van der Waals surface area contributed by atoms with E-state index in [4.69, 9.17) is 16.3 Å². The molecule has 7 nitrogen and oxygen atoms in total. The van der Waals surface area contributed by atoms with Crippen LogP contribution in [0.15, 0.2) is 67.0 Å². The van der Waals surface area contributed by atoms with Crippen molar-refractivity contribution in [3.63, 3.8) is 0 Å². The van der Waals surface area contributed by atoms with E-state index in [0.717, 1.165) is 0 Å². The Morgan fingerprint density at radius 1 is 0.967 bits per heavy atom. The van der Waals surface area contributed by atoms with Gasteiger partial charge in [0.2, 0.25) is 5.91 Å². The topological polar surface area (TPSA) is 93.2 Å². The molecule has 0 bridgehead atoms. The van der Waals surface area contributed by atoms with Crippen molar-refractivity contribution in [3.8, 4) is 11.8 Å². The normalized spacial score (nSPS) is 11.6. The average Bonchev–Trinajstić information content (AvgIpc) is 2.74. The summed E-state index contributed by atoms with van der Waals surface area (Å²) < 4.78 is 5.53. The van der Waals surface area contributed by atoms with E-state index in [2.05, 4.69) is 20.6 Å². The van der Waals surface area contributed by atoms with Crippen molar-refractivity contribution >= 4 is 29.1 Å². The van der Waals surface area contributed by atoms with E-state index in [-0.39, 0.29) is 17.8 Å². The fraction of sp³-hybridized carbons (Fsp3) is 0.182. The van der Waals surface area contributed by atoms with Gasteiger partial charge in [0, 0.05) is 18.1 Å². The number of hydrogen-bond acceptors (Lipinski definition) is 5. The van der Waals surface area contributed by atoms with Gasteiger partial charge in [-0.3, -0.25) is 9.59 Å². The first-order chi connectivity index (χ1) is 14.4. The van der Waals surface area contributed by atoms with Crippen LogP contribution < -0.4 is 15.4 Å². The lowest BCUT2D eigenvalue weighted by molar-refractivity contribution is -0.118. The molecule has 0 spiro atoms. The molecule has 1 heterocycles. The minimum Gasteiger partial charge on any atom is -0.424 e. The molecular formula is C22H21ClN4O3. The summed E-state index contributed by atoms with van der Waals surface area (Å²) in [5.41, 5.74) is 0.890. The van der Waals surface area contributed by atoms with E-state index in [1.165, 1.54) is 0 Å². The number of nitrogens with one attached hydrogen (secondary N) is 2. The summed E-state index contributed by atoms with van der Waals surface area (Å²) in [6, 6.07) is 14.7. The third kappa shape index (κ3) is 5.55. The number of carbonyl (C=O) groups is 2. The van der Waals surface area contributed by atoms with Crippen molar-refractivity contribution in [2.24, 2.45) is 5.92 Å². The summed E-state index contributed by atoms with van der Waals surface area (Å²) in [5.74, 6) is -0.326. The summed E-state index contributed by atoms with van der Waals surface area (Å²) in [4.78, 5) is 33.3. The molecule has 154 valence electrons. The van der Waals surface area contributed by atoms with Crippen molar-refractivity contribution in [1.29, 1.82) is 0 Å². The van der Waals surface area contributed by atoms with Crippen molar-refractivity contribution in [2.75, 3.05) is 5.32 Å². The van der Waals surface area contributed by atoms with Gasteiger partial charge in [0.1, 0.15) is 11.8 Å². The third-order valence-corrected chi connectivity index (χ3v) is 4.56. The first-order valence-corrected chi connectivity index (χ1v) is 9.73. The van der Waals surface area contributed by atoms with Gasteiger partial charge in [-0.2, -0.15) is 0 Å². The quantitative estimate of drug-likeness (QED) is 0.589. The highest BCUT2D eigenvalue weighted by Gasteiger charge is 2.25. The molecule has 0 radical (unpaired) electrons. The maximum atomic E-state index is 12.8. The average molecular weight is 425 g/mol. The Hall–Kier alpha value is -3.45. The van der Waals surface area contributed by atoms with E-state index in [0.29, 0.717) is 22.0 Å². The van der Waals surface area contributed by atoms with Gasteiger partial charge in [0.15, 0.2) is 0 Å². The second kappa shape index (κ2) is 9.84. The number of halogens is 1. The first kappa shape index (κ1) is 21.3. The van der Waals surface area contributed by atoms with Gasteiger partial charge >= 0.3 is 6.01 Å². The van der Waals surface area contributed by atoms with Crippen LogP contribution in [0.2, 0.25) is 5.02 Å². The van der Waals surface area contributed by atoms with Crippen LogP contribution in [0.4, 0.5) is 5.69 Å². The number of amides is 2. The minimum absolute atomic E-state index is 0.130. The van der Waals surface area contributed by atoms with E-state index >= 15 is 0 Å². The van der Waals surface area contributed by atoms with Crippen molar-refractivity contribution in [2.45, 2.75) is 19.9 Å². The molecule has 1 unspecified atom stereocenters. The summed E-state index contributed by atoms with van der Waals surface area (Å²) in [6.45, 7) is 3.71. The van der Waals surface area contributed by atoms with Crippen LogP contribution >= 0.6 is 11.6 Å². The van der Waals surface area contributed by atoms with Gasteiger partial charge in [-0.15, -0.1) is 0 Å². The molecule has 2 amide bonds. The summed E-state index contributed by atoms with van der Waals surface area (Å²) >= 11 is 6.08. The standard InChI is InChI=1S/C22H21ClN4O3/c1-14(2)19(27-20(28)17-6-3-4-7-18(17)23)21(29)26-15-8-10-16(11-9-15)30-22-24-12-5-13-25-22/h3-14,19H,1-2H3,(H,26,29)(H,27,28). The first-order valence-electron chi connectivity index (χ1n) is 9.35. The van der Waals surface area contributed by atoms with Crippen LogP contribution in [0.25, 0.3) is 0 Å². The van der Waals surface area contributed by atoms with Gasteiger partial charge in [0.05, 0.1) is 10.6 Å². The van der Waals surface area contributed by atoms with Crippen LogP contribution in [-0.2, 0) is 4.79 Å². The van der Waals surface area contributed by atoms with E-state index in [9.17, 15) is 9.59 Å². The zero-order chi connectivity index (χ0) is 21.5. The Balaban J connectivity index is 1.65. The maximum absolute atomic E-state index is 12.8. The molecule has 1 aromatic heterocycles. The SMILES string of the molecule is CC(C)C(NC(=O)c1ccccc1Cl)C(=O)Nc1ccc(Oc2ncccn2)cc1. The third-order valence-electron chi connectivity index (χ3n) is 4.23. The van der Waals surface area contributed by atoms with Crippen LogP contribution in [0.5, 0.6) is 11.8 Å². The zero-order valence-corrected chi connectivity index (χ0v) is 17.3. The molecular weight excluding hydrogens is 404 g/mol. The summed E-state index contributed by atoms with van der Waals surface area (Å²) in [6.07, 6.45) is 3.17. The Labute approximate surface area is 179 Å². The number of rotatable bonds is 7. The molecule has 2 aromatic carbocycles. The Bertz CT molecular complexity index is 1010. The monoisotopic (exact) mass is 424 g/mol. The molecule has 0 aliphatic heterocycles. The molecule has 1 atom stereocenters. The lowest BCUT2D eigenvalue weighted by atomic mass is 10.0. The smallest absolute Gasteiger partial charge is 0.321 e. The molecule has 0 aliphatic rings. The van der Waals surface area contributed by atoms with E-state index < -0.39 is 11.9 Å². The minimum atomic E-state index is -0.734. The zero-order valence-electron chi connectivity index (χ0n) is 16.5. The number of carbonyl (C=O) groups excluding carboxylic acids is 2. The maximum Gasteiger partial charge on any atom is 0.321 e. The predicted molar refractivity (Wildman–Crippen MR) is 115 cm³/mol. The molecule has 2 N–H and O–H groups in total. The van der Waals surface area contributed by atoms with Gasteiger partial charge in [-0.05, 0) is 48.4 Å². The molecule has 0 fully saturated rings. The highest BCUT2D eigenvalue weighted by Crippen LogP contribution is 2.21. The number of anilines is 1. The van der Waals surface area contributed by atoms with E-state index in [1.54, 1.807) is 67.0 Å². The van der Waals surface area contributed by atoms with Crippen LogP contribution in [0.3, 0.4) is 0 Å². The summed E-state index contributed by atoms with van der Waals surface area (Å²) in [5, 5.41) is 5.90. The number of aromatic nitrogens is 2. The van der Waals surface area contributed by atoms with Gasteiger partial charge in [-0.1, -0.05) is 37.6 Å². The lowest BCUT2D eigenvalue weighted by Gasteiger charge is -2.22.